The minimum absolute atomic E-state index is 0.0596. The van der Waals surface area contributed by atoms with Gasteiger partial charge in [0.2, 0.25) is 11.7 Å². The lowest BCUT2D eigenvalue weighted by molar-refractivity contribution is -0.114. The van der Waals surface area contributed by atoms with E-state index in [0.29, 0.717) is 6.29 Å². The smallest absolute Gasteiger partial charge is 0.247 e. The van der Waals surface area contributed by atoms with Gasteiger partial charge in [-0.3, -0.25) is 14.6 Å². The van der Waals surface area contributed by atoms with E-state index in [-0.39, 0.29) is 18.1 Å². The number of carbonyl (C=O) groups is 2. The summed E-state index contributed by atoms with van der Waals surface area (Å²) in [6.45, 7) is -0.218. The largest absolute Gasteiger partial charge is 0.305 e. The number of aromatic nitrogens is 2. The van der Waals surface area contributed by atoms with Gasteiger partial charge in [-0.25, -0.2) is 4.63 Å². The third-order valence-corrected chi connectivity index (χ3v) is 1.32. The van der Waals surface area contributed by atoms with Gasteiger partial charge in [0, 0.05) is 0 Å². The highest BCUT2D eigenvalue weighted by Crippen LogP contribution is 2.05. The predicted molar refractivity (Wildman–Crippen MR) is 50.7 cm³/mol. The molecule has 0 aliphatic heterocycles. The maximum Gasteiger partial charge on any atom is 0.247 e. The van der Waals surface area contributed by atoms with Crippen LogP contribution in [0.25, 0.3) is 0 Å². The van der Waals surface area contributed by atoms with Crippen molar-refractivity contribution in [3.63, 3.8) is 0 Å². The van der Waals surface area contributed by atoms with E-state index >= 15 is 0 Å². The minimum atomic E-state index is -0.512. The van der Waals surface area contributed by atoms with Crippen LogP contribution in [0.3, 0.4) is 0 Å². The summed E-state index contributed by atoms with van der Waals surface area (Å²) in [5.41, 5.74) is -0.0982. The molecule has 16 heavy (non-hydrogen) atoms. The number of hydrogen-bond acceptors (Lipinski definition) is 7. The van der Waals surface area contributed by atoms with Gasteiger partial charge in [-0.1, -0.05) is 5.22 Å². The number of amides is 1. The van der Waals surface area contributed by atoms with Gasteiger partial charge in [-0.05, 0) is 10.3 Å². The quantitative estimate of drug-likeness (QED) is 0.167. The molecule has 0 radical (unpaired) electrons. The third kappa shape index (κ3) is 3.25. The molecule has 84 valence electrons. The van der Waals surface area contributed by atoms with Crippen LogP contribution in [-0.2, 0) is 4.79 Å². The normalized spacial score (nSPS) is 11.0. The molecule has 10 heteroatoms. The Labute approximate surface area is 88.6 Å². The Kier molecular flexibility index (Phi) is 4.25. The first-order valence-corrected chi connectivity index (χ1v) is 3.94. The maximum absolute atomic E-state index is 11.2. The van der Waals surface area contributed by atoms with Crippen molar-refractivity contribution >= 4 is 24.3 Å². The molecule has 0 spiro atoms. The van der Waals surface area contributed by atoms with Crippen molar-refractivity contribution in [2.45, 2.75) is 0 Å². The van der Waals surface area contributed by atoms with Crippen molar-refractivity contribution in [2.24, 2.45) is 21.2 Å². The number of carbonyl (C=O) groups excluding carboxylic acids is 2. The lowest BCUT2D eigenvalue weighted by Crippen LogP contribution is -2.16. The molecule has 3 N–H and O–H groups in total. The van der Waals surface area contributed by atoms with Gasteiger partial charge in [0.25, 0.3) is 0 Å². The minimum Gasteiger partial charge on any atom is -0.305 e. The summed E-state index contributed by atoms with van der Waals surface area (Å²) in [6.07, 6.45) is 1.42. The Hall–Kier alpha value is -2.65. The van der Waals surface area contributed by atoms with E-state index in [1.807, 2.05) is 0 Å². The molecule has 1 rings (SSSR count). The van der Waals surface area contributed by atoms with Crippen LogP contribution in [0.1, 0.15) is 10.5 Å². The molecule has 0 bridgehead atoms. The molecule has 0 aliphatic carbocycles. The highest BCUT2D eigenvalue weighted by Gasteiger charge is 2.11. The third-order valence-electron chi connectivity index (χ3n) is 1.32. The second-order valence-electron chi connectivity index (χ2n) is 2.35. The summed E-state index contributed by atoms with van der Waals surface area (Å²) < 4.78 is 4.25. The van der Waals surface area contributed by atoms with E-state index < -0.39 is 5.91 Å². The van der Waals surface area contributed by atoms with Crippen LogP contribution < -0.4 is 11.2 Å². The van der Waals surface area contributed by atoms with Crippen LogP contribution in [0.4, 0.5) is 5.82 Å². The van der Waals surface area contributed by atoms with Gasteiger partial charge in [-0.15, -0.1) is 5.11 Å². The standard InChI is InChI=1S/C6H7N7O3/c7-13-9-3-8-1-5(15)10-6-4(2-14)11-16-12-6/h2-3H,1H2,(H2,7,8,9)(H,10,12,15). The molecule has 0 aromatic carbocycles. The van der Waals surface area contributed by atoms with Crippen LogP contribution in [0, 0.1) is 0 Å². The van der Waals surface area contributed by atoms with Crippen LogP contribution >= 0.6 is 0 Å². The number of aliphatic imine (C=N–C) groups is 1. The Bertz CT molecular complexity index is 424. The van der Waals surface area contributed by atoms with E-state index in [2.05, 4.69) is 41.4 Å². The average molecular weight is 225 g/mol. The lowest BCUT2D eigenvalue weighted by Gasteiger charge is -1.96. The molecule has 0 saturated carbocycles. The van der Waals surface area contributed by atoms with Gasteiger partial charge in [0.05, 0.1) is 0 Å². The Morgan fingerprint density at radius 3 is 3.06 bits per heavy atom. The van der Waals surface area contributed by atoms with Crippen molar-refractivity contribution in [3.8, 4) is 0 Å². The summed E-state index contributed by atoms with van der Waals surface area (Å²) in [5.74, 6) is 4.12. The molecule has 1 aromatic rings. The average Bonchev–Trinajstić information content (AvgIpc) is 2.71. The summed E-state index contributed by atoms with van der Waals surface area (Å²) >= 11 is 0. The van der Waals surface area contributed by atoms with Crippen LogP contribution in [0.2, 0.25) is 0 Å². The second kappa shape index (κ2) is 5.95. The fourth-order valence-corrected chi connectivity index (χ4v) is 0.721. The monoisotopic (exact) mass is 225 g/mol. The molecular weight excluding hydrogens is 218 g/mol. The highest BCUT2D eigenvalue weighted by atomic mass is 16.6. The van der Waals surface area contributed by atoms with E-state index in [0.717, 1.165) is 6.34 Å². The van der Waals surface area contributed by atoms with Crippen molar-refractivity contribution in [1.82, 2.24) is 10.3 Å². The topological polar surface area (TPSA) is 148 Å². The highest BCUT2D eigenvalue weighted by molar-refractivity contribution is 5.95. The van der Waals surface area contributed by atoms with Crippen LogP contribution in [-0.4, -0.2) is 35.4 Å². The molecule has 0 unspecified atom stereocenters. The van der Waals surface area contributed by atoms with Gasteiger partial charge in [0.15, 0.2) is 12.0 Å². The van der Waals surface area contributed by atoms with Crippen molar-refractivity contribution < 1.29 is 14.2 Å². The first-order chi connectivity index (χ1) is 7.77. The molecule has 1 aromatic heterocycles. The zero-order valence-electron chi connectivity index (χ0n) is 7.90. The molecule has 0 saturated heterocycles. The maximum atomic E-state index is 11.2. The van der Waals surface area contributed by atoms with Gasteiger partial charge < -0.3 is 11.2 Å². The van der Waals surface area contributed by atoms with Crippen molar-refractivity contribution in [3.05, 3.63) is 5.69 Å². The van der Waals surface area contributed by atoms with Gasteiger partial charge >= 0.3 is 0 Å². The van der Waals surface area contributed by atoms with Gasteiger partial charge in [0.1, 0.15) is 12.9 Å². The Morgan fingerprint density at radius 2 is 2.38 bits per heavy atom. The molecule has 1 heterocycles. The van der Waals surface area contributed by atoms with E-state index in [4.69, 9.17) is 0 Å². The number of nitrogens with two attached hydrogens (primary N) is 1. The number of aldehydes is 1. The number of hydrogen-bond donors (Lipinski definition) is 2. The molecule has 0 aliphatic rings. The summed E-state index contributed by atoms with van der Waals surface area (Å²) in [6, 6.07) is 0. The van der Waals surface area contributed by atoms with Gasteiger partial charge in [-0.2, -0.15) is 0 Å². The van der Waals surface area contributed by atoms with E-state index in [9.17, 15) is 9.59 Å². The van der Waals surface area contributed by atoms with Crippen LogP contribution in [0.5, 0.6) is 0 Å². The van der Waals surface area contributed by atoms with Crippen molar-refractivity contribution in [2.75, 3.05) is 11.9 Å². The predicted octanol–water partition coefficient (Wildman–Crippen LogP) is -0.825. The first-order valence-electron chi connectivity index (χ1n) is 3.94. The summed E-state index contributed by atoms with van der Waals surface area (Å²) in [5, 5.41) is 14.9. The van der Waals surface area contributed by atoms with Crippen molar-refractivity contribution in [1.29, 1.82) is 0 Å². The zero-order chi connectivity index (χ0) is 11.8. The lowest BCUT2D eigenvalue weighted by atomic mass is 10.4. The number of rotatable bonds is 5. The SMILES string of the molecule is NN=NC=NCC(=O)Nc1nonc1C=O. The Morgan fingerprint density at radius 1 is 1.56 bits per heavy atom. The molecular formula is C6H7N7O3. The second-order valence-corrected chi connectivity index (χ2v) is 2.35. The summed E-state index contributed by atoms with van der Waals surface area (Å²) in [4.78, 5) is 25.1. The fourth-order valence-electron chi connectivity index (χ4n) is 0.721. The summed E-state index contributed by atoms with van der Waals surface area (Å²) in [7, 11) is 0. The molecule has 1 amide bonds. The zero-order valence-corrected chi connectivity index (χ0v) is 7.90. The number of anilines is 1. The van der Waals surface area contributed by atoms with E-state index in [1.165, 1.54) is 0 Å². The fraction of sp³-hybridized carbons (Fsp3) is 0.167. The molecule has 0 atom stereocenters. The van der Waals surface area contributed by atoms with E-state index in [1.54, 1.807) is 0 Å². The number of nitrogens with zero attached hydrogens (tertiary/aromatic N) is 5. The Balaban J connectivity index is 2.48. The first kappa shape index (κ1) is 11.4. The van der Waals surface area contributed by atoms with Crippen LogP contribution in [0.15, 0.2) is 20.0 Å². The molecule has 10 nitrogen and oxygen atoms in total. The number of nitrogens with one attached hydrogen (secondary N) is 1. The molecule has 0 fully saturated rings.